The third-order valence-corrected chi connectivity index (χ3v) is 8.07. The normalized spacial score (nSPS) is 26.8. The molecule has 38 heavy (non-hydrogen) atoms. The predicted molar refractivity (Wildman–Crippen MR) is 134 cm³/mol. The average molecular weight is 523 g/mol. The number of nitrogens with zero attached hydrogens (tertiary/aromatic N) is 1. The lowest BCUT2D eigenvalue weighted by Gasteiger charge is -2.50. The molecule has 6 N–H and O–H groups in total. The largest absolute Gasteiger partial charge is 0.510 e. The van der Waals surface area contributed by atoms with Gasteiger partial charge < -0.3 is 26.2 Å². The van der Waals surface area contributed by atoms with Crippen molar-refractivity contribution in [1.29, 1.82) is 0 Å². The van der Waals surface area contributed by atoms with Gasteiger partial charge in [0.25, 0.3) is 5.91 Å². The minimum absolute atomic E-state index is 0.0106. The monoisotopic (exact) mass is 522 g/mol. The topological polar surface area (TPSA) is 161 Å². The number of Topliss-reactive ketones (excluding diaryl/α,β-unsaturated/α-hetero) is 2. The molecule has 4 unspecified atom stereocenters. The number of amides is 1. The van der Waals surface area contributed by atoms with Crippen LogP contribution in [0.1, 0.15) is 27.9 Å². The highest BCUT2D eigenvalue weighted by atomic mass is 19.1. The number of halogens is 1. The van der Waals surface area contributed by atoms with Crippen LogP contribution in [0.4, 0.5) is 4.39 Å². The third kappa shape index (κ3) is 3.33. The number of hydrogen-bond donors (Lipinski definition) is 5. The van der Waals surface area contributed by atoms with Crippen molar-refractivity contribution >= 4 is 17.5 Å². The van der Waals surface area contributed by atoms with Crippen molar-refractivity contribution < 1.29 is 39.2 Å². The van der Waals surface area contributed by atoms with Crippen LogP contribution in [0.5, 0.6) is 5.75 Å². The smallest absolute Gasteiger partial charge is 0.255 e. The van der Waals surface area contributed by atoms with Gasteiger partial charge in [-0.15, -0.1) is 0 Å². The number of fused-ring (bicyclic) bond motifs is 3. The van der Waals surface area contributed by atoms with Gasteiger partial charge in [0.2, 0.25) is 5.78 Å². The van der Waals surface area contributed by atoms with E-state index < -0.39 is 58.0 Å². The molecule has 0 heterocycles. The van der Waals surface area contributed by atoms with Crippen LogP contribution in [0.15, 0.2) is 53.0 Å². The van der Waals surface area contributed by atoms with Crippen LogP contribution in [0, 0.1) is 24.6 Å². The molecule has 0 radical (unpaired) electrons. The Hall–Kier alpha value is -4.02. The summed E-state index contributed by atoms with van der Waals surface area (Å²) in [6, 6.07) is 6.39. The molecule has 3 aliphatic carbocycles. The first-order valence-corrected chi connectivity index (χ1v) is 12.1. The van der Waals surface area contributed by atoms with Gasteiger partial charge in [-0.25, -0.2) is 4.39 Å². The molecule has 3 aliphatic rings. The second-order valence-corrected chi connectivity index (χ2v) is 10.4. The number of carbonyl (C=O) groups excluding carboxylic acids is 3. The Morgan fingerprint density at radius 1 is 1.13 bits per heavy atom. The Morgan fingerprint density at radius 3 is 2.42 bits per heavy atom. The zero-order valence-corrected chi connectivity index (χ0v) is 20.9. The summed E-state index contributed by atoms with van der Waals surface area (Å²) < 4.78 is 13.9. The number of phenolic OH excluding ortho intramolecular Hbond substituents is 1. The Labute approximate surface area is 217 Å². The number of ketones is 2. The maximum atomic E-state index is 13.9. The van der Waals surface area contributed by atoms with Gasteiger partial charge in [0.05, 0.1) is 11.6 Å². The van der Waals surface area contributed by atoms with Crippen LogP contribution in [0.25, 0.3) is 11.1 Å². The van der Waals surface area contributed by atoms with E-state index in [1.807, 2.05) is 0 Å². The highest BCUT2D eigenvalue weighted by molar-refractivity contribution is 6.24. The zero-order valence-electron chi connectivity index (χ0n) is 20.9. The van der Waals surface area contributed by atoms with E-state index in [4.69, 9.17) is 5.73 Å². The minimum atomic E-state index is -2.69. The summed E-state index contributed by atoms with van der Waals surface area (Å²) in [6.07, 6.45) is 0.137. The molecule has 198 valence electrons. The van der Waals surface area contributed by atoms with Crippen molar-refractivity contribution in [2.45, 2.75) is 31.4 Å². The number of nitrogens with two attached hydrogens (primary N) is 1. The van der Waals surface area contributed by atoms with Crippen LogP contribution < -0.4 is 5.73 Å². The first kappa shape index (κ1) is 25.6. The van der Waals surface area contributed by atoms with Gasteiger partial charge in [0, 0.05) is 11.5 Å². The molecule has 0 saturated carbocycles. The Kier molecular flexibility index (Phi) is 5.73. The highest BCUT2D eigenvalue weighted by Gasteiger charge is 2.63. The van der Waals surface area contributed by atoms with E-state index >= 15 is 0 Å². The van der Waals surface area contributed by atoms with E-state index in [2.05, 4.69) is 0 Å². The number of primary amides is 1. The summed E-state index contributed by atoms with van der Waals surface area (Å²) >= 11 is 0. The third-order valence-electron chi connectivity index (χ3n) is 8.07. The van der Waals surface area contributed by atoms with Gasteiger partial charge >= 0.3 is 0 Å². The van der Waals surface area contributed by atoms with E-state index in [9.17, 15) is 39.2 Å². The molecular formula is C28H27FN2O7. The molecule has 2 aromatic rings. The maximum absolute atomic E-state index is 13.9. The number of aromatic hydroxyl groups is 1. The predicted octanol–water partition coefficient (Wildman–Crippen LogP) is 2.24. The summed E-state index contributed by atoms with van der Waals surface area (Å²) in [5.74, 6) is -7.41. The van der Waals surface area contributed by atoms with Crippen LogP contribution in [-0.4, -0.2) is 68.5 Å². The SMILES string of the molecule is Cc1cc(-c2ccc(O)c3c2CC2CC4C(N(C)C)C(O)=C(C(N)=O)C(=O)C4(O)C(O)=C2C3=O)ccc1F. The fourth-order valence-corrected chi connectivity index (χ4v) is 6.33. The number of carbonyl (C=O) groups is 3. The number of hydrogen-bond acceptors (Lipinski definition) is 8. The van der Waals surface area contributed by atoms with E-state index in [0.717, 1.165) is 0 Å². The fraction of sp³-hybridized carbons (Fsp3) is 0.321. The number of benzene rings is 2. The standard InChI is InChI=1S/C28H27FN2O7/c1-11-8-12(4-6-17(11)29)14-5-7-18(32)20-15(14)9-13-10-16-22(31(2)3)24(34)21(27(30)37)26(36)28(16,38)25(35)19(13)23(20)33/h4-8,13,16,22,32,34-35,38H,9-10H2,1-3H3,(H2,30,37). The molecular weight excluding hydrogens is 495 g/mol. The molecule has 0 spiro atoms. The van der Waals surface area contributed by atoms with Crippen LogP contribution in [0.3, 0.4) is 0 Å². The van der Waals surface area contributed by atoms with Gasteiger partial charge in [-0.3, -0.25) is 19.3 Å². The van der Waals surface area contributed by atoms with Crippen molar-refractivity contribution in [2.24, 2.45) is 17.6 Å². The van der Waals surface area contributed by atoms with E-state index in [1.54, 1.807) is 39.2 Å². The van der Waals surface area contributed by atoms with Crippen molar-refractivity contribution in [2.75, 3.05) is 14.1 Å². The number of allylic oxidation sites excluding steroid dienone is 1. The summed E-state index contributed by atoms with van der Waals surface area (Å²) in [5.41, 5.74) is 3.58. The Balaban J connectivity index is 1.73. The lowest BCUT2D eigenvalue weighted by molar-refractivity contribution is -0.148. The summed E-state index contributed by atoms with van der Waals surface area (Å²) in [5, 5.41) is 44.5. The number of aryl methyl sites for hydroxylation is 1. The van der Waals surface area contributed by atoms with Crippen molar-refractivity contribution in [3.05, 3.63) is 75.5 Å². The van der Waals surface area contributed by atoms with Crippen LogP contribution >= 0.6 is 0 Å². The Morgan fingerprint density at radius 2 is 1.82 bits per heavy atom. The first-order chi connectivity index (χ1) is 17.8. The zero-order chi connectivity index (χ0) is 27.8. The van der Waals surface area contributed by atoms with E-state index in [1.165, 1.54) is 17.0 Å². The van der Waals surface area contributed by atoms with Gasteiger partial charge in [-0.2, -0.15) is 0 Å². The quantitative estimate of drug-likeness (QED) is 0.384. The molecule has 0 bridgehead atoms. The molecule has 0 fully saturated rings. The van der Waals surface area contributed by atoms with Crippen molar-refractivity contribution in [1.82, 2.24) is 4.90 Å². The highest BCUT2D eigenvalue weighted by Crippen LogP contribution is 2.53. The molecule has 1 amide bonds. The number of rotatable bonds is 3. The molecule has 0 aliphatic heterocycles. The van der Waals surface area contributed by atoms with Crippen LogP contribution in [-0.2, 0) is 16.0 Å². The van der Waals surface area contributed by atoms with Crippen molar-refractivity contribution in [3.63, 3.8) is 0 Å². The molecule has 10 heteroatoms. The number of likely N-dealkylation sites (N-methyl/N-ethyl adjacent to an activating group) is 1. The Bertz CT molecular complexity index is 1510. The second kappa shape index (κ2) is 8.50. The van der Waals surface area contributed by atoms with E-state index in [-0.39, 0.29) is 35.5 Å². The maximum Gasteiger partial charge on any atom is 0.255 e. The summed E-state index contributed by atoms with van der Waals surface area (Å²) in [6.45, 7) is 1.61. The minimum Gasteiger partial charge on any atom is -0.510 e. The molecule has 5 rings (SSSR count). The lowest BCUT2D eigenvalue weighted by atomic mass is 9.58. The molecule has 9 nitrogen and oxygen atoms in total. The first-order valence-electron chi connectivity index (χ1n) is 12.1. The lowest BCUT2D eigenvalue weighted by Crippen LogP contribution is -2.63. The van der Waals surface area contributed by atoms with Crippen LogP contribution in [0.2, 0.25) is 0 Å². The van der Waals surface area contributed by atoms with Gasteiger partial charge in [-0.1, -0.05) is 12.1 Å². The average Bonchev–Trinajstić information content (AvgIpc) is 2.83. The number of aliphatic hydroxyl groups excluding tert-OH is 2. The molecule has 4 atom stereocenters. The fourth-order valence-electron chi connectivity index (χ4n) is 6.33. The van der Waals surface area contributed by atoms with Gasteiger partial charge in [0.15, 0.2) is 11.4 Å². The van der Waals surface area contributed by atoms with Crippen molar-refractivity contribution in [3.8, 4) is 16.9 Å². The van der Waals surface area contributed by atoms with Gasteiger partial charge in [-0.05, 0) is 80.2 Å². The van der Waals surface area contributed by atoms with Gasteiger partial charge in [0.1, 0.15) is 28.7 Å². The molecule has 0 aromatic heterocycles. The number of phenols is 1. The second-order valence-electron chi connectivity index (χ2n) is 10.4. The molecule has 2 aromatic carbocycles. The summed E-state index contributed by atoms with van der Waals surface area (Å²) in [7, 11) is 3.14. The molecule has 0 saturated heterocycles. The summed E-state index contributed by atoms with van der Waals surface area (Å²) in [4.78, 5) is 40.7. The van der Waals surface area contributed by atoms with E-state index in [0.29, 0.717) is 22.3 Å². The number of aliphatic hydroxyl groups is 3.